The van der Waals surface area contributed by atoms with Gasteiger partial charge in [0.25, 0.3) is 0 Å². The van der Waals surface area contributed by atoms with Crippen LogP contribution in [-0.4, -0.2) is 5.78 Å². The maximum absolute atomic E-state index is 11.0. The van der Waals surface area contributed by atoms with Crippen LogP contribution in [0, 0.1) is 0 Å². The van der Waals surface area contributed by atoms with Crippen molar-refractivity contribution in [2.24, 2.45) is 0 Å². The highest BCUT2D eigenvalue weighted by Gasteiger charge is 2.19. The zero-order chi connectivity index (χ0) is 6.97. The van der Waals surface area contributed by atoms with Crippen LogP contribution in [0.5, 0.6) is 0 Å². The zero-order valence-corrected chi connectivity index (χ0v) is 5.27. The van der Waals surface area contributed by atoms with Gasteiger partial charge < -0.3 is 5.43 Å². The molecule has 2 rings (SSSR count). The summed E-state index contributed by atoms with van der Waals surface area (Å²) in [5.74, 6) is 0.120. The van der Waals surface area contributed by atoms with Crippen LogP contribution in [0.15, 0.2) is 23.5 Å². The second kappa shape index (κ2) is 1.85. The molecule has 4 heteroatoms. The molecule has 1 aliphatic heterocycles. The Morgan fingerprint density at radius 2 is 2.30 bits per heavy atom. The molecule has 3 N–H and O–H groups in total. The molecule has 0 unspecified atom stereocenters. The lowest BCUT2D eigenvalue weighted by atomic mass is 10.1. The summed E-state index contributed by atoms with van der Waals surface area (Å²) < 4.78 is 0. The van der Waals surface area contributed by atoms with Crippen molar-refractivity contribution in [3.63, 3.8) is 0 Å². The Labute approximate surface area is 57.9 Å². The third-order valence-electron chi connectivity index (χ3n) is 1.52. The van der Waals surface area contributed by atoms with Gasteiger partial charge in [-0.05, 0) is 6.08 Å². The van der Waals surface area contributed by atoms with Gasteiger partial charge in [0.15, 0.2) is 5.78 Å². The summed E-state index contributed by atoms with van der Waals surface area (Å²) >= 11 is 0. The molecule has 0 atom stereocenters. The summed E-state index contributed by atoms with van der Waals surface area (Å²) in [6.07, 6.45) is 4.21. The highest BCUT2D eigenvalue weighted by Crippen LogP contribution is 2.12. The first kappa shape index (κ1) is 5.49. The lowest BCUT2D eigenvalue weighted by molar-refractivity contribution is -0.115. The zero-order valence-electron chi connectivity index (χ0n) is 5.27. The van der Waals surface area contributed by atoms with Crippen molar-refractivity contribution in [1.82, 2.24) is 16.4 Å². The number of carbonyl (C=O) groups excluding carboxylic acids is 1. The van der Waals surface area contributed by atoms with Gasteiger partial charge in [0, 0.05) is 6.42 Å². The third-order valence-corrected chi connectivity index (χ3v) is 1.52. The topological polar surface area (TPSA) is 53.2 Å². The Kier molecular flexibility index (Phi) is 1.01. The van der Waals surface area contributed by atoms with E-state index < -0.39 is 0 Å². The SMILES string of the molecule is O=C1CC=CC2=C1NNN2. The Morgan fingerprint density at radius 1 is 1.40 bits per heavy atom. The molecule has 0 spiro atoms. The minimum Gasteiger partial charge on any atom is -0.302 e. The number of hydrazine groups is 2. The number of nitrogens with one attached hydrogen (secondary N) is 3. The number of allylic oxidation sites excluding steroid dienone is 3. The number of hydrogen-bond donors (Lipinski definition) is 3. The van der Waals surface area contributed by atoms with Crippen LogP contribution in [0.2, 0.25) is 0 Å². The van der Waals surface area contributed by atoms with E-state index in [1.165, 1.54) is 0 Å². The molecule has 1 aliphatic carbocycles. The van der Waals surface area contributed by atoms with Crippen LogP contribution >= 0.6 is 0 Å². The van der Waals surface area contributed by atoms with E-state index in [1.54, 1.807) is 0 Å². The van der Waals surface area contributed by atoms with Crippen molar-refractivity contribution in [2.75, 3.05) is 0 Å². The van der Waals surface area contributed by atoms with E-state index in [0.717, 1.165) is 5.70 Å². The second-order valence-electron chi connectivity index (χ2n) is 2.19. The normalized spacial score (nSPS) is 22.2. The molecule has 0 aromatic rings. The van der Waals surface area contributed by atoms with Gasteiger partial charge in [-0.1, -0.05) is 6.08 Å². The summed E-state index contributed by atoms with van der Waals surface area (Å²) in [7, 11) is 0. The van der Waals surface area contributed by atoms with Gasteiger partial charge in [0.2, 0.25) is 0 Å². The van der Waals surface area contributed by atoms with Crippen LogP contribution in [0.1, 0.15) is 6.42 Å². The maximum atomic E-state index is 11.0. The minimum absolute atomic E-state index is 0.120. The van der Waals surface area contributed by atoms with Crippen molar-refractivity contribution >= 4 is 5.78 Å². The standard InChI is InChI=1S/C6H7N3O/c10-5-3-1-2-4-6(5)8-9-7-4/h1-2,7-9H,3H2. The molecular weight excluding hydrogens is 130 g/mol. The van der Waals surface area contributed by atoms with Gasteiger partial charge in [0.1, 0.15) is 5.70 Å². The number of rotatable bonds is 0. The van der Waals surface area contributed by atoms with E-state index in [4.69, 9.17) is 0 Å². The molecule has 0 radical (unpaired) electrons. The first-order chi connectivity index (χ1) is 4.88. The van der Waals surface area contributed by atoms with Crippen molar-refractivity contribution in [3.05, 3.63) is 23.5 Å². The van der Waals surface area contributed by atoms with Crippen molar-refractivity contribution in [1.29, 1.82) is 0 Å². The first-order valence-electron chi connectivity index (χ1n) is 3.09. The molecular formula is C6H7N3O. The smallest absolute Gasteiger partial charge is 0.185 e. The highest BCUT2D eigenvalue weighted by molar-refractivity contribution is 5.98. The lowest BCUT2D eigenvalue weighted by Gasteiger charge is -2.02. The quantitative estimate of drug-likeness (QED) is 0.415. The summed E-state index contributed by atoms with van der Waals surface area (Å²) in [6.45, 7) is 0. The maximum Gasteiger partial charge on any atom is 0.185 e. The molecule has 0 bridgehead atoms. The van der Waals surface area contributed by atoms with E-state index in [-0.39, 0.29) is 5.78 Å². The van der Waals surface area contributed by atoms with Crippen LogP contribution in [-0.2, 0) is 4.79 Å². The predicted molar refractivity (Wildman–Crippen MR) is 35.2 cm³/mol. The summed E-state index contributed by atoms with van der Waals surface area (Å²) in [4.78, 5) is 11.0. The van der Waals surface area contributed by atoms with Crippen molar-refractivity contribution < 1.29 is 4.79 Å². The second-order valence-corrected chi connectivity index (χ2v) is 2.19. The number of Topliss-reactive ketones (excluding diaryl/α,β-unsaturated/α-hetero) is 1. The van der Waals surface area contributed by atoms with Crippen LogP contribution < -0.4 is 16.4 Å². The van der Waals surface area contributed by atoms with Crippen LogP contribution in [0.4, 0.5) is 0 Å². The van der Waals surface area contributed by atoms with Gasteiger partial charge in [-0.3, -0.25) is 10.2 Å². The molecule has 0 amide bonds. The summed E-state index contributed by atoms with van der Waals surface area (Å²) in [6, 6.07) is 0. The Balaban J connectivity index is 2.39. The predicted octanol–water partition coefficient (Wildman–Crippen LogP) is -0.661. The Morgan fingerprint density at radius 3 is 3.10 bits per heavy atom. The molecule has 1 heterocycles. The molecule has 0 fully saturated rings. The molecule has 2 aliphatic rings. The van der Waals surface area contributed by atoms with E-state index in [2.05, 4.69) is 16.4 Å². The number of hydrogen-bond acceptors (Lipinski definition) is 4. The molecule has 0 saturated heterocycles. The van der Waals surface area contributed by atoms with Crippen molar-refractivity contribution in [2.45, 2.75) is 6.42 Å². The average molecular weight is 137 g/mol. The van der Waals surface area contributed by atoms with Gasteiger partial charge in [-0.15, -0.1) is 5.53 Å². The Bertz CT molecular complexity index is 241. The fourth-order valence-electron chi connectivity index (χ4n) is 1.02. The minimum atomic E-state index is 0.120. The monoisotopic (exact) mass is 137 g/mol. The largest absolute Gasteiger partial charge is 0.302 e. The van der Waals surface area contributed by atoms with Gasteiger partial charge in [-0.2, -0.15) is 0 Å². The summed E-state index contributed by atoms with van der Waals surface area (Å²) in [5.41, 5.74) is 9.65. The van der Waals surface area contributed by atoms with E-state index in [1.807, 2.05) is 12.2 Å². The fourth-order valence-corrected chi connectivity index (χ4v) is 1.02. The van der Waals surface area contributed by atoms with Crippen LogP contribution in [0.25, 0.3) is 0 Å². The fraction of sp³-hybridized carbons (Fsp3) is 0.167. The number of carbonyl (C=O) groups is 1. The lowest BCUT2D eigenvalue weighted by Crippen LogP contribution is -2.33. The third kappa shape index (κ3) is 0.625. The molecule has 0 aromatic carbocycles. The van der Waals surface area contributed by atoms with Crippen molar-refractivity contribution in [3.8, 4) is 0 Å². The summed E-state index contributed by atoms with van der Waals surface area (Å²) in [5, 5.41) is 0. The van der Waals surface area contributed by atoms with Gasteiger partial charge in [-0.25, -0.2) is 0 Å². The van der Waals surface area contributed by atoms with E-state index in [9.17, 15) is 4.79 Å². The highest BCUT2D eigenvalue weighted by atomic mass is 16.1. The molecule has 10 heavy (non-hydrogen) atoms. The molecule has 4 nitrogen and oxygen atoms in total. The Hall–Kier alpha value is -1.29. The average Bonchev–Trinajstić information content (AvgIpc) is 2.36. The molecule has 0 aromatic heterocycles. The van der Waals surface area contributed by atoms with Gasteiger partial charge >= 0.3 is 0 Å². The van der Waals surface area contributed by atoms with E-state index in [0.29, 0.717) is 12.1 Å². The van der Waals surface area contributed by atoms with Gasteiger partial charge in [0.05, 0.1) is 5.70 Å². The number of ketones is 1. The first-order valence-corrected chi connectivity index (χ1v) is 3.09. The molecule has 52 valence electrons. The van der Waals surface area contributed by atoms with E-state index >= 15 is 0 Å². The van der Waals surface area contributed by atoms with Crippen LogP contribution in [0.3, 0.4) is 0 Å². The molecule has 0 saturated carbocycles.